The second-order valence-corrected chi connectivity index (χ2v) is 9.83. The van der Waals surface area contributed by atoms with Gasteiger partial charge in [0.05, 0.1) is 6.61 Å². The molecule has 5 heteroatoms. The standard InChI is InChI=1S/C24H35N3O2/c28-24(27-9-7-20-3-1-2-4-22(20)17-27)18-26-12-10-25(11-13-26)16-19-5-6-23-21(15-19)8-14-29-23/h5-6,15,20,22H,1-4,7-14,16-18H2/p+2/t20-,22+/m1/s1. The Morgan fingerprint density at radius 1 is 1.03 bits per heavy atom. The lowest BCUT2D eigenvalue weighted by atomic mass is 9.75. The van der Waals surface area contributed by atoms with Crippen molar-refractivity contribution >= 4 is 5.91 Å². The van der Waals surface area contributed by atoms with Crippen molar-refractivity contribution in [1.82, 2.24) is 4.90 Å². The average molecular weight is 400 g/mol. The van der Waals surface area contributed by atoms with E-state index in [1.54, 1.807) is 4.90 Å². The van der Waals surface area contributed by atoms with Gasteiger partial charge in [0.1, 0.15) is 38.5 Å². The first-order valence-electron chi connectivity index (χ1n) is 11.9. The summed E-state index contributed by atoms with van der Waals surface area (Å²) in [7, 11) is 0. The van der Waals surface area contributed by atoms with Crippen LogP contribution in [0, 0.1) is 11.8 Å². The Morgan fingerprint density at radius 2 is 1.83 bits per heavy atom. The molecule has 0 spiro atoms. The van der Waals surface area contributed by atoms with Crippen LogP contribution in [0.3, 0.4) is 0 Å². The van der Waals surface area contributed by atoms with Gasteiger partial charge in [-0.1, -0.05) is 19.3 Å². The van der Waals surface area contributed by atoms with Crippen molar-refractivity contribution in [3.63, 3.8) is 0 Å². The van der Waals surface area contributed by atoms with Crippen molar-refractivity contribution < 1.29 is 19.3 Å². The number of likely N-dealkylation sites (tertiary alicyclic amines) is 1. The number of fused-ring (bicyclic) bond motifs is 2. The predicted molar refractivity (Wildman–Crippen MR) is 112 cm³/mol. The van der Waals surface area contributed by atoms with Crippen LogP contribution in [0.2, 0.25) is 0 Å². The van der Waals surface area contributed by atoms with Crippen LogP contribution in [0.25, 0.3) is 0 Å². The molecule has 0 radical (unpaired) electrons. The van der Waals surface area contributed by atoms with Gasteiger partial charge in [-0.3, -0.25) is 4.79 Å². The van der Waals surface area contributed by atoms with Gasteiger partial charge in [-0.05, 0) is 48.4 Å². The molecule has 2 N–H and O–H groups in total. The summed E-state index contributed by atoms with van der Waals surface area (Å²) >= 11 is 0. The smallest absolute Gasteiger partial charge is 0.277 e. The SMILES string of the molecule is O=C(C[NH+]1CC[NH+](Cc2ccc3c(c2)CCO3)CC1)N1CC[C@H]2CCCC[C@H]2C1. The van der Waals surface area contributed by atoms with Gasteiger partial charge in [-0.25, -0.2) is 0 Å². The van der Waals surface area contributed by atoms with E-state index >= 15 is 0 Å². The van der Waals surface area contributed by atoms with Gasteiger partial charge in [0.25, 0.3) is 5.91 Å². The molecule has 4 aliphatic rings. The number of carbonyl (C=O) groups excluding carboxylic acids is 1. The fourth-order valence-electron chi connectivity index (χ4n) is 6.10. The molecule has 2 atom stereocenters. The van der Waals surface area contributed by atoms with Gasteiger partial charge >= 0.3 is 0 Å². The highest BCUT2D eigenvalue weighted by Crippen LogP contribution is 2.35. The minimum absolute atomic E-state index is 0.408. The van der Waals surface area contributed by atoms with E-state index in [4.69, 9.17) is 4.74 Å². The van der Waals surface area contributed by atoms with Crippen molar-refractivity contribution in [2.24, 2.45) is 11.8 Å². The minimum Gasteiger partial charge on any atom is -0.493 e. The van der Waals surface area contributed by atoms with Gasteiger partial charge < -0.3 is 19.4 Å². The number of nitrogens with one attached hydrogen (secondary N) is 2. The molecular weight excluding hydrogens is 362 g/mol. The molecular formula is C24H37N3O2+2. The molecule has 3 aliphatic heterocycles. The third-order valence-electron chi connectivity index (χ3n) is 7.92. The first-order chi connectivity index (χ1) is 14.2. The number of benzene rings is 1. The maximum Gasteiger partial charge on any atom is 0.277 e. The molecule has 0 bridgehead atoms. The van der Waals surface area contributed by atoms with Gasteiger partial charge in [0.15, 0.2) is 6.54 Å². The molecule has 1 saturated carbocycles. The topological polar surface area (TPSA) is 38.4 Å². The molecule has 3 fully saturated rings. The Labute approximate surface area is 175 Å². The molecule has 0 aromatic heterocycles. The highest BCUT2D eigenvalue weighted by atomic mass is 16.5. The third-order valence-corrected chi connectivity index (χ3v) is 7.92. The highest BCUT2D eigenvalue weighted by Gasteiger charge is 2.34. The molecule has 1 aromatic rings. The zero-order valence-corrected chi connectivity index (χ0v) is 17.8. The summed E-state index contributed by atoms with van der Waals surface area (Å²) in [6, 6.07) is 6.72. The van der Waals surface area contributed by atoms with Crippen molar-refractivity contribution in [3.05, 3.63) is 29.3 Å². The zero-order chi connectivity index (χ0) is 19.6. The predicted octanol–water partition coefficient (Wildman–Crippen LogP) is -0.0564. The molecule has 5 nitrogen and oxygen atoms in total. The summed E-state index contributed by atoms with van der Waals surface area (Å²) in [6.45, 7) is 9.26. The maximum atomic E-state index is 12.9. The Morgan fingerprint density at radius 3 is 2.69 bits per heavy atom. The quantitative estimate of drug-likeness (QED) is 0.745. The summed E-state index contributed by atoms with van der Waals surface area (Å²) in [6.07, 6.45) is 7.83. The van der Waals surface area contributed by atoms with Crippen molar-refractivity contribution in [1.29, 1.82) is 0 Å². The van der Waals surface area contributed by atoms with Crippen LogP contribution in [0.1, 0.15) is 43.2 Å². The number of hydrogen-bond acceptors (Lipinski definition) is 2. The highest BCUT2D eigenvalue weighted by molar-refractivity contribution is 5.77. The molecule has 0 unspecified atom stereocenters. The summed E-state index contributed by atoms with van der Waals surface area (Å²) in [5, 5.41) is 0. The third kappa shape index (κ3) is 4.46. The number of quaternary nitrogens is 2. The van der Waals surface area contributed by atoms with Crippen molar-refractivity contribution in [2.45, 2.75) is 45.1 Å². The van der Waals surface area contributed by atoms with Gasteiger partial charge in [0.2, 0.25) is 0 Å². The summed E-state index contributed by atoms with van der Waals surface area (Å²) in [4.78, 5) is 18.3. The van der Waals surface area contributed by atoms with Crippen LogP contribution in [-0.2, 0) is 17.8 Å². The molecule has 1 aromatic carbocycles. The van der Waals surface area contributed by atoms with Gasteiger partial charge in [-0.2, -0.15) is 0 Å². The van der Waals surface area contributed by atoms with E-state index in [0.717, 1.165) is 63.3 Å². The lowest BCUT2D eigenvalue weighted by Gasteiger charge is -2.41. The van der Waals surface area contributed by atoms with Crippen LogP contribution in [-0.4, -0.2) is 63.2 Å². The largest absolute Gasteiger partial charge is 0.493 e. The van der Waals surface area contributed by atoms with Crippen LogP contribution >= 0.6 is 0 Å². The fourth-order valence-corrected chi connectivity index (χ4v) is 6.10. The Bertz CT molecular complexity index is 729. The van der Waals surface area contributed by atoms with E-state index in [1.807, 2.05) is 0 Å². The van der Waals surface area contributed by atoms with Crippen LogP contribution in [0.4, 0.5) is 0 Å². The normalized spacial score (nSPS) is 31.7. The fraction of sp³-hybridized carbons (Fsp3) is 0.708. The lowest BCUT2D eigenvalue weighted by Crippen LogP contribution is -3.28. The monoisotopic (exact) mass is 399 g/mol. The summed E-state index contributed by atoms with van der Waals surface area (Å²) in [5.74, 6) is 3.17. The average Bonchev–Trinajstić information content (AvgIpc) is 3.23. The van der Waals surface area contributed by atoms with E-state index < -0.39 is 0 Å². The minimum atomic E-state index is 0.408. The van der Waals surface area contributed by atoms with Crippen molar-refractivity contribution in [2.75, 3.05) is 52.4 Å². The summed E-state index contributed by atoms with van der Waals surface area (Å²) in [5.41, 5.74) is 2.80. The number of hydrogen-bond donors (Lipinski definition) is 2. The van der Waals surface area contributed by atoms with Gasteiger partial charge in [0, 0.05) is 25.1 Å². The summed E-state index contributed by atoms with van der Waals surface area (Å²) < 4.78 is 5.63. The molecule has 1 aliphatic carbocycles. The maximum absolute atomic E-state index is 12.9. The second-order valence-electron chi connectivity index (χ2n) is 9.83. The number of piperazine rings is 1. The van der Waals surface area contributed by atoms with E-state index in [9.17, 15) is 4.79 Å². The number of nitrogens with zero attached hydrogens (tertiary/aromatic N) is 1. The number of ether oxygens (including phenoxy) is 1. The molecule has 3 heterocycles. The number of rotatable bonds is 4. The molecule has 1 amide bonds. The molecule has 158 valence electrons. The first-order valence-corrected chi connectivity index (χ1v) is 11.9. The van der Waals surface area contributed by atoms with Gasteiger partial charge in [-0.15, -0.1) is 0 Å². The van der Waals surface area contributed by atoms with E-state index in [0.29, 0.717) is 12.5 Å². The molecule has 29 heavy (non-hydrogen) atoms. The Balaban J connectivity index is 1.07. The first kappa shape index (κ1) is 19.4. The number of carbonyl (C=O) groups is 1. The van der Waals surface area contributed by atoms with Crippen LogP contribution in [0.15, 0.2) is 18.2 Å². The second kappa shape index (κ2) is 8.65. The molecule has 5 rings (SSSR count). The van der Waals surface area contributed by atoms with Crippen LogP contribution in [0.5, 0.6) is 5.75 Å². The Kier molecular flexibility index (Phi) is 5.78. The number of amides is 1. The van der Waals surface area contributed by atoms with E-state index in [2.05, 4.69) is 23.1 Å². The lowest BCUT2D eigenvalue weighted by molar-refractivity contribution is -1.02. The van der Waals surface area contributed by atoms with Crippen LogP contribution < -0.4 is 14.5 Å². The van der Waals surface area contributed by atoms with E-state index in [-0.39, 0.29) is 0 Å². The zero-order valence-electron chi connectivity index (χ0n) is 17.8. The molecule has 2 saturated heterocycles. The number of piperidine rings is 1. The van der Waals surface area contributed by atoms with Crippen molar-refractivity contribution in [3.8, 4) is 5.75 Å². The Hall–Kier alpha value is -1.59. The van der Waals surface area contributed by atoms with E-state index in [1.165, 1.54) is 61.2 Å².